The molecular weight excluding hydrogens is 380 g/mol. The average molecular weight is 404 g/mol. The summed E-state index contributed by atoms with van der Waals surface area (Å²) in [6.07, 6.45) is 0. The number of amides is 3. The Morgan fingerprint density at radius 1 is 0.964 bits per heavy atom. The van der Waals surface area contributed by atoms with Crippen molar-refractivity contribution in [3.05, 3.63) is 59.2 Å². The Hall–Kier alpha value is -2.91. The summed E-state index contributed by atoms with van der Waals surface area (Å²) >= 11 is 0. The number of urea groups is 1. The molecule has 0 unspecified atom stereocenters. The fraction of sp³-hybridized carbons (Fsp3) is 0.263. The molecular formula is C19H24N4O4S. The first-order valence-electron chi connectivity index (χ1n) is 8.62. The molecule has 2 aromatic rings. The van der Waals surface area contributed by atoms with Gasteiger partial charge in [0.25, 0.3) is 0 Å². The molecule has 0 aliphatic heterocycles. The van der Waals surface area contributed by atoms with Crippen molar-refractivity contribution in [3.8, 4) is 0 Å². The van der Waals surface area contributed by atoms with Gasteiger partial charge in [-0.25, -0.2) is 17.9 Å². The van der Waals surface area contributed by atoms with Crippen LogP contribution in [0, 0.1) is 13.8 Å². The Bertz CT molecular complexity index is 956. The van der Waals surface area contributed by atoms with Crippen molar-refractivity contribution in [2.75, 3.05) is 18.9 Å². The number of sulfonamides is 1. The molecule has 0 saturated carbocycles. The van der Waals surface area contributed by atoms with E-state index in [0.717, 1.165) is 11.1 Å². The van der Waals surface area contributed by atoms with E-state index in [-0.39, 0.29) is 11.4 Å². The number of hydrogen-bond donors (Lipinski definition) is 4. The van der Waals surface area contributed by atoms with E-state index in [2.05, 4.69) is 20.7 Å². The van der Waals surface area contributed by atoms with Crippen molar-refractivity contribution in [1.29, 1.82) is 0 Å². The van der Waals surface area contributed by atoms with Gasteiger partial charge in [0, 0.05) is 12.2 Å². The summed E-state index contributed by atoms with van der Waals surface area (Å²) in [6, 6.07) is 11.8. The molecule has 8 nitrogen and oxygen atoms in total. The van der Waals surface area contributed by atoms with Crippen molar-refractivity contribution < 1.29 is 18.0 Å². The zero-order chi connectivity index (χ0) is 20.7. The summed E-state index contributed by atoms with van der Waals surface area (Å²) in [5, 5.41) is 7.69. The average Bonchev–Trinajstić information content (AvgIpc) is 2.67. The van der Waals surface area contributed by atoms with Crippen molar-refractivity contribution in [2.24, 2.45) is 0 Å². The summed E-state index contributed by atoms with van der Waals surface area (Å²) < 4.78 is 26.2. The van der Waals surface area contributed by atoms with E-state index in [1.54, 1.807) is 19.1 Å². The van der Waals surface area contributed by atoms with Crippen LogP contribution in [0.1, 0.15) is 16.7 Å². The Balaban J connectivity index is 1.86. The van der Waals surface area contributed by atoms with Crippen LogP contribution in [0.3, 0.4) is 0 Å². The molecule has 0 aliphatic rings. The number of carbonyl (C=O) groups is 2. The summed E-state index contributed by atoms with van der Waals surface area (Å²) in [5.74, 6) is -0.470. The highest BCUT2D eigenvalue weighted by Crippen LogP contribution is 2.19. The fourth-order valence-electron chi connectivity index (χ4n) is 2.39. The van der Waals surface area contributed by atoms with Crippen LogP contribution in [-0.4, -0.2) is 33.9 Å². The molecule has 0 saturated heterocycles. The number of hydrogen-bond acceptors (Lipinski definition) is 4. The van der Waals surface area contributed by atoms with Gasteiger partial charge in [0.1, 0.15) is 0 Å². The van der Waals surface area contributed by atoms with Crippen LogP contribution in [0.25, 0.3) is 0 Å². The maximum absolute atomic E-state index is 12.0. The Kier molecular flexibility index (Phi) is 7.13. The van der Waals surface area contributed by atoms with Gasteiger partial charge in [0.15, 0.2) is 0 Å². The van der Waals surface area contributed by atoms with Gasteiger partial charge >= 0.3 is 6.03 Å². The van der Waals surface area contributed by atoms with Gasteiger partial charge in [0.05, 0.1) is 11.4 Å². The van der Waals surface area contributed by atoms with Crippen LogP contribution in [0.2, 0.25) is 0 Å². The van der Waals surface area contributed by atoms with Crippen molar-refractivity contribution in [2.45, 2.75) is 25.3 Å². The third-order valence-corrected chi connectivity index (χ3v) is 5.57. The van der Waals surface area contributed by atoms with E-state index in [4.69, 9.17) is 0 Å². The molecule has 0 atom stereocenters. The number of carbonyl (C=O) groups excluding carboxylic acids is 2. The maximum atomic E-state index is 12.0. The molecule has 0 radical (unpaired) electrons. The number of rotatable bonds is 7. The van der Waals surface area contributed by atoms with Crippen LogP contribution < -0.4 is 20.7 Å². The highest BCUT2D eigenvalue weighted by Gasteiger charge is 2.16. The third kappa shape index (κ3) is 6.07. The van der Waals surface area contributed by atoms with Crippen LogP contribution in [0.15, 0.2) is 47.4 Å². The molecule has 0 spiro atoms. The van der Waals surface area contributed by atoms with Crippen LogP contribution in [-0.2, 0) is 21.4 Å². The molecule has 28 heavy (non-hydrogen) atoms. The van der Waals surface area contributed by atoms with Gasteiger partial charge in [0.2, 0.25) is 15.9 Å². The van der Waals surface area contributed by atoms with Gasteiger partial charge in [-0.3, -0.25) is 4.79 Å². The molecule has 3 amide bonds. The second-order valence-corrected chi connectivity index (χ2v) is 8.11. The highest BCUT2D eigenvalue weighted by molar-refractivity contribution is 7.89. The smallest absolute Gasteiger partial charge is 0.315 e. The normalized spacial score (nSPS) is 11.0. The van der Waals surface area contributed by atoms with Crippen molar-refractivity contribution in [3.63, 3.8) is 0 Å². The largest absolute Gasteiger partial charge is 0.334 e. The number of anilines is 1. The first kappa shape index (κ1) is 21.4. The lowest BCUT2D eigenvalue weighted by Gasteiger charge is -2.11. The summed E-state index contributed by atoms with van der Waals surface area (Å²) in [6.45, 7) is 3.74. The maximum Gasteiger partial charge on any atom is 0.315 e. The molecule has 2 aromatic carbocycles. The third-order valence-electron chi connectivity index (χ3n) is 4.01. The molecule has 2 rings (SSSR count). The lowest BCUT2D eigenvalue weighted by molar-refractivity contribution is -0.115. The topological polar surface area (TPSA) is 116 Å². The van der Waals surface area contributed by atoms with Gasteiger partial charge < -0.3 is 16.0 Å². The summed E-state index contributed by atoms with van der Waals surface area (Å²) in [5.41, 5.74) is 2.96. The lowest BCUT2D eigenvalue weighted by Crippen LogP contribution is -2.39. The second kappa shape index (κ2) is 9.34. The summed E-state index contributed by atoms with van der Waals surface area (Å²) in [4.78, 5) is 23.9. The summed E-state index contributed by atoms with van der Waals surface area (Å²) in [7, 11) is -2.31. The molecule has 0 aromatic heterocycles. The first-order chi connectivity index (χ1) is 13.2. The van der Waals surface area contributed by atoms with Crippen molar-refractivity contribution in [1.82, 2.24) is 15.4 Å². The van der Waals surface area contributed by atoms with E-state index in [1.165, 1.54) is 13.1 Å². The van der Waals surface area contributed by atoms with E-state index >= 15 is 0 Å². The van der Waals surface area contributed by atoms with Gasteiger partial charge in [-0.2, -0.15) is 0 Å². The van der Waals surface area contributed by atoms with E-state index in [0.29, 0.717) is 17.8 Å². The highest BCUT2D eigenvalue weighted by atomic mass is 32.2. The van der Waals surface area contributed by atoms with Crippen LogP contribution >= 0.6 is 0 Å². The monoisotopic (exact) mass is 404 g/mol. The van der Waals surface area contributed by atoms with Gasteiger partial charge in [-0.05, 0) is 44.2 Å². The van der Waals surface area contributed by atoms with E-state index < -0.39 is 22.0 Å². The molecule has 0 bridgehead atoms. The Morgan fingerprint density at radius 3 is 2.29 bits per heavy atom. The van der Waals surface area contributed by atoms with Crippen LogP contribution in [0.4, 0.5) is 10.5 Å². The number of benzene rings is 2. The Morgan fingerprint density at radius 2 is 1.64 bits per heavy atom. The predicted octanol–water partition coefficient (Wildman–Crippen LogP) is 1.65. The van der Waals surface area contributed by atoms with Crippen LogP contribution in [0.5, 0.6) is 0 Å². The predicted molar refractivity (Wildman–Crippen MR) is 107 cm³/mol. The molecule has 0 heterocycles. The number of nitrogens with one attached hydrogen (secondary N) is 4. The SMILES string of the molecule is CNS(=O)(=O)c1cc(NC(=O)CNC(=O)NCc2ccc(C)cc2)ccc1C. The molecule has 150 valence electrons. The van der Waals surface area contributed by atoms with Crippen molar-refractivity contribution >= 4 is 27.6 Å². The Labute approximate surface area is 164 Å². The zero-order valence-corrected chi connectivity index (χ0v) is 16.8. The molecule has 9 heteroatoms. The lowest BCUT2D eigenvalue weighted by atomic mass is 10.1. The second-order valence-electron chi connectivity index (χ2n) is 6.26. The van der Waals surface area contributed by atoms with E-state index in [9.17, 15) is 18.0 Å². The van der Waals surface area contributed by atoms with E-state index in [1.807, 2.05) is 31.2 Å². The molecule has 0 aliphatic carbocycles. The minimum atomic E-state index is -3.63. The zero-order valence-electron chi connectivity index (χ0n) is 16.0. The quantitative estimate of drug-likeness (QED) is 0.561. The fourth-order valence-corrected chi connectivity index (χ4v) is 3.39. The van der Waals surface area contributed by atoms with Gasteiger partial charge in [-0.1, -0.05) is 35.9 Å². The van der Waals surface area contributed by atoms with Gasteiger partial charge in [-0.15, -0.1) is 0 Å². The number of aryl methyl sites for hydroxylation is 2. The minimum absolute atomic E-state index is 0.0802. The standard InChI is InChI=1S/C19H24N4O4S/c1-13-4-7-15(8-5-13)11-21-19(25)22-12-18(24)23-16-9-6-14(2)17(10-16)28(26,27)20-3/h4-10,20H,11-12H2,1-3H3,(H,23,24)(H2,21,22,25). The molecule has 0 fully saturated rings. The minimum Gasteiger partial charge on any atom is -0.334 e. The first-order valence-corrected chi connectivity index (χ1v) is 10.1. The molecule has 4 N–H and O–H groups in total.